The van der Waals surface area contributed by atoms with Crippen LogP contribution in [-0.4, -0.2) is 28.6 Å². The Balaban J connectivity index is 0.000000589. The van der Waals surface area contributed by atoms with Crippen LogP contribution in [0, 0.1) is 6.92 Å². The van der Waals surface area contributed by atoms with Gasteiger partial charge in [0.1, 0.15) is 11.4 Å². The van der Waals surface area contributed by atoms with Crippen molar-refractivity contribution in [3.05, 3.63) is 39.4 Å². The molecule has 0 N–H and O–H groups in total. The average molecular weight is 400 g/mol. The standard InChI is InChI=1S/C12H14ClN3S.C5H10O2.C2H6/c1-3-16(8-10-7-15-12(13)17-10)11-9(2)5-4-6-14-11;1-5(2,3)7-4-6;1-2/h4-7H,3,8H2,1-2H3;4H,1-3H3;1-2H3. The molecule has 0 aliphatic heterocycles. The molecule has 0 aromatic carbocycles. The highest BCUT2D eigenvalue weighted by Crippen LogP contribution is 2.23. The Morgan fingerprint density at radius 3 is 2.35 bits per heavy atom. The Hall–Kier alpha value is -1.66. The number of carbonyl (C=O) groups is 1. The average Bonchev–Trinajstić information content (AvgIpc) is 3.00. The lowest BCUT2D eigenvalue weighted by molar-refractivity contribution is -0.138. The third-order valence-corrected chi connectivity index (χ3v) is 4.04. The molecule has 0 saturated carbocycles. The molecule has 7 heteroatoms. The third kappa shape index (κ3) is 9.73. The molecule has 146 valence electrons. The smallest absolute Gasteiger partial charge is 0.293 e. The van der Waals surface area contributed by atoms with E-state index in [9.17, 15) is 4.79 Å². The lowest BCUT2D eigenvalue weighted by atomic mass is 10.2. The van der Waals surface area contributed by atoms with Gasteiger partial charge in [0.25, 0.3) is 6.47 Å². The lowest BCUT2D eigenvalue weighted by Gasteiger charge is -2.22. The number of halogens is 1. The van der Waals surface area contributed by atoms with E-state index >= 15 is 0 Å². The number of carbonyl (C=O) groups excluding carboxylic acids is 1. The maximum absolute atomic E-state index is 9.60. The third-order valence-electron chi connectivity index (χ3n) is 2.94. The van der Waals surface area contributed by atoms with Gasteiger partial charge in [0.15, 0.2) is 4.47 Å². The van der Waals surface area contributed by atoms with Gasteiger partial charge in [0.2, 0.25) is 0 Å². The van der Waals surface area contributed by atoms with Crippen LogP contribution in [0.2, 0.25) is 4.47 Å². The number of aromatic nitrogens is 2. The predicted octanol–water partition coefficient (Wildman–Crippen LogP) is 5.51. The Morgan fingerprint density at radius 1 is 1.31 bits per heavy atom. The van der Waals surface area contributed by atoms with E-state index in [1.54, 1.807) is 0 Å². The second kappa shape index (κ2) is 12.7. The molecular formula is C19H30ClN3O2S. The first-order valence-electron chi connectivity index (χ1n) is 8.65. The van der Waals surface area contributed by atoms with Crippen molar-refractivity contribution < 1.29 is 9.53 Å². The second-order valence-corrected chi connectivity index (χ2v) is 7.76. The maximum atomic E-state index is 9.60. The molecule has 2 aromatic rings. The zero-order chi connectivity index (χ0) is 20.2. The molecule has 5 nitrogen and oxygen atoms in total. The number of pyridine rings is 1. The van der Waals surface area contributed by atoms with E-state index < -0.39 is 0 Å². The van der Waals surface area contributed by atoms with Crippen molar-refractivity contribution in [1.82, 2.24) is 9.97 Å². The minimum atomic E-state index is -0.318. The lowest BCUT2D eigenvalue weighted by Crippen LogP contribution is -2.23. The van der Waals surface area contributed by atoms with Gasteiger partial charge >= 0.3 is 0 Å². The number of thiazole rings is 1. The van der Waals surface area contributed by atoms with Crippen LogP contribution >= 0.6 is 22.9 Å². The molecular weight excluding hydrogens is 370 g/mol. The summed E-state index contributed by atoms with van der Waals surface area (Å²) in [6.45, 7) is 15.8. The highest BCUT2D eigenvalue weighted by molar-refractivity contribution is 7.15. The summed E-state index contributed by atoms with van der Waals surface area (Å²) in [6, 6.07) is 4.03. The number of nitrogens with zero attached hydrogens (tertiary/aromatic N) is 3. The van der Waals surface area contributed by atoms with Crippen LogP contribution in [-0.2, 0) is 16.1 Å². The van der Waals surface area contributed by atoms with Crippen LogP contribution in [0.5, 0.6) is 0 Å². The van der Waals surface area contributed by atoms with Crippen molar-refractivity contribution in [1.29, 1.82) is 0 Å². The molecule has 0 aliphatic carbocycles. The zero-order valence-corrected chi connectivity index (χ0v) is 18.3. The minimum Gasteiger partial charge on any atom is -0.462 e. The van der Waals surface area contributed by atoms with Gasteiger partial charge in [0.05, 0.1) is 6.54 Å². The van der Waals surface area contributed by atoms with Gasteiger partial charge in [-0.1, -0.05) is 31.5 Å². The van der Waals surface area contributed by atoms with Crippen molar-refractivity contribution in [2.45, 2.75) is 60.6 Å². The van der Waals surface area contributed by atoms with Crippen LogP contribution < -0.4 is 4.90 Å². The number of hydrogen-bond donors (Lipinski definition) is 0. The Kier molecular flexibility index (Phi) is 11.8. The fourth-order valence-corrected chi connectivity index (χ4v) is 2.83. The highest BCUT2D eigenvalue weighted by atomic mass is 35.5. The molecule has 0 aliphatic rings. The van der Waals surface area contributed by atoms with E-state index in [4.69, 9.17) is 11.6 Å². The molecule has 0 spiro atoms. The van der Waals surface area contributed by atoms with E-state index in [2.05, 4.69) is 39.5 Å². The molecule has 0 atom stereocenters. The van der Waals surface area contributed by atoms with Crippen LogP contribution in [0.15, 0.2) is 24.5 Å². The highest BCUT2D eigenvalue weighted by Gasteiger charge is 2.10. The first kappa shape index (κ1) is 24.3. The summed E-state index contributed by atoms with van der Waals surface area (Å²) in [7, 11) is 0. The number of ether oxygens (including phenoxy) is 1. The predicted molar refractivity (Wildman–Crippen MR) is 111 cm³/mol. The molecule has 0 radical (unpaired) electrons. The Morgan fingerprint density at radius 2 is 1.96 bits per heavy atom. The van der Waals surface area contributed by atoms with Crippen LogP contribution in [0.3, 0.4) is 0 Å². The molecule has 2 aromatic heterocycles. The fourth-order valence-electron chi connectivity index (χ4n) is 1.83. The number of rotatable bonds is 5. The first-order chi connectivity index (χ1) is 12.3. The van der Waals surface area contributed by atoms with Gasteiger partial charge in [-0.3, -0.25) is 4.79 Å². The van der Waals surface area contributed by atoms with Gasteiger partial charge in [-0.2, -0.15) is 0 Å². The molecule has 2 rings (SSSR count). The zero-order valence-electron chi connectivity index (χ0n) is 16.7. The summed E-state index contributed by atoms with van der Waals surface area (Å²) in [4.78, 5) is 21.5. The Bertz CT molecular complexity index is 642. The molecule has 2 heterocycles. The van der Waals surface area contributed by atoms with E-state index in [1.165, 1.54) is 16.9 Å². The quantitative estimate of drug-likeness (QED) is 0.620. The van der Waals surface area contributed by atoms with Crippen molar-refractivity contribution in [3.63, 3.8) is 0 Å². The van der Waals surface area contributed by atoms with Crippen LogP contribution in [0.25, 0.3) is 0 Å². The molecule has 0 bridgehead atoms. The summed E-state index contributed by atoms with van der Waals surface area (Å²) in [5.74, 6) is 1.03. The van der Waals surface area contributed by atoms with E-state index in [0.717, 1.165) is 23.8 Å². The van der Waals surface area contributed by atoms with Gasteiger partial charge in [0, 0.05) is 23.8 Å². The second-order valence-electron chi connectivity index (χ2n) is 6.06. The van der Waals surface area contributed by atoms with Gasteiger partial charge in [-0.15, -0.1) is 11.3 Å². The topological polar surface area (TPSA) is 55.3 Å². The minimum absolute atomic E-state index is 0.318. The summed E-state index contributed by atoms with van der Waals surface area (Å²) < 4.78 is 5.14. The maximum Gasteiger partial charge on any atom is 0.293 e. The van der Waals surface area contributed by atoms with Gasteiger partial charge in [-0.25, -0.2) is 9.97 Å². The molecule has 0 unspecified atom stereocenters. The summed E-state index contributed by atoms with van der Waals surface area (Å²) >= 11 is 7.35. The van der Waals surface area contributed by atoms with Gasteiger partial charge < -0.3 is 9.64 Å². The van der Waals surface area contributed by atoms with Crippen LogP contribution in [0.4, 0.5) is 5.82 Å². The number of hydrogen-bond acceptors (Lipinski definition) is 6. The van der Waals surface area contributed by atoms with Crippen molar-refractivity contribution in [3.8, 4) is 0 Å². The molecule has 0 fully saturated rings. The van der Waals surface area contributed by atoms with Crippen LogP contribution in [0.1, 0.15) is 52.0 Å². The molecule has 0 amide bonds. The van der Waals surface area contributed by atoms with Crippen molar-refractivity contribution in [2.24, 2.45) is 0 Å². The summed E-state index contributed by atoms with van der Waals surface area (Å²) in [6.07, 6.45) is 3.65. The van der Waals surface area contributed by atoms with Crippen molar-refractivity contribution in [2.75, 3.05) is 11.4 Å². The number of aryl methyl sites for hydroxylation is 1. The fraction of sp³-hybridized carbons (Fsp3) is 0.526. The summed E-state index contributed by atoms with van der Waals surface area (Å²) in [5, 5.41) is 0. The van der Waals surface area contributed by atoms with Gasteiger partial charge in [-0.05, 0) is 46.2 Å². The molecule has 0 saturated heterocycles. The molecule has 26 heavy (non-hydrogen) atoms. The largest absolute Gasteiger partial charge is 0.462 e. The Labute approximate surface area is 166 Å². The van der Waals surface area contributed by atoms with E-state index in [0.29, 0.717) is 10.9 Å². The summed E-state index contributed by atoms with van der Waals surface area (Å²) in [5.41, 5.74) is 0.867. The normalized spacial score (nSPS) is 10.0. The van der Waals surface area contributed by atoms with Crippen molar-refractivity contribution >= 4 is 35.2 Å². The number of anilines is 1. The van der Waals surface area contributed by atoms with E-state index in [-0.39, 0.29) is 5.60 Å². The first-order valence-corrected chi connectivity index (χ1v) is 9.84. The van der Waals surface area contributed by atoms with E-state index in [1.807, 2.05) is 53.1 Å². The SMILES string of the molecule is CC.CC(C)(C)OC=O.CCN(Cc1cnc(Cl)s1)c1ncccc1C. The monoisotopic (exact) mass is 399 g/mol.